The molecule has 4 rings (SSSR count). The maximum atomic E-state index is 12.9. The van der Waals surface area contributed by atoms with Crippen molar-refractivity contribution in [3.05, 3.63) is 59.7 Å². The van der Waals surface area contributed by atoms with Gasteiger partial charge >= 0.3 is 11.9 Å². The summed E-state index contributed by atoms with van der Waals surface area (Å²) in [5.41, 5.74) is 0.898. The maximum Gasteiger partial charge on any atom is 0.331 e. The average molecular weight is 695 g/mol. The van der Waals surface area contributed by atoms with Crippen molar-refractivity contribution in [2.75, 3.05) is 34.0 Å². The van der Waals surface area contributed by atoms with Gasteiger partial charge in [0.1, 0.15) is 55.6 Å². The molecule has 49 heavy (non-hydrogen) atoms. The summed E-state index contributed by atoms with van der Waals surface area (Å²) in [4.78, 5) is 25.2. The van der Waals surface area contributed by atoms with Gasteiger partial charge in [-0.05, 0) is 47.5 Å². The molecule has 0 aromatic heterocycles. The number of aliphatic hydroxyl groups is 6. The first kappa shape index (κ1) is 37.5. The molecule has 2 aromatic rings. The van der Waals surface area contributed by atoms with Crippen LogP contribution in [-0.2, 0) is 33.3 Å². The number of ether oxygens (including phenoxy) is 7. The first-order valence-electron chi connectivity index (χ1n) is 14.8. The first-order valence-corrected chi connectivity index (χ1v) is 14.8. The number of hydrogen-bond donors (Lipinski definition) is 8. The van der Waals surface area contributed by atoms with Crippen LogP contribution in [0.4, 0.5) is 0 Å². The van der Waals surface area contributed by atoms with E-state index in [2.05, 4.69) is 0 Å². The van der Waals surface area contributed by atoms with E-state index in [1.54, 1.807) is 12.1 Å². The van der Waals surface area contributed by atoms with Crippen LogP contribution in [0, 0.1) is 0 Å². The topological polar surface area (TPSA) is 261 Å². The lowest BCUT2D eigenvalue weighted by Gasteiger charge is -2.43. The van der Waals surface area contributed by atoms with Crippen LogP contribution in [0.25, 0.3) is 12.2 Å². The lowest BCUT2D eigenvalue weighted by molar-refractivity contribution is -0.383. The van der Waals surface area contributed by atoms with Gasteiger partial charge in [0, 0.05) is 12.2 Å². The third-order valence-corrected chi connectivity index (χ3v) is 7.71. The van der Waals surface area contributed by atoms with Crippen molar-refractivity contribution in [3.63, 3.8) is 0 Å². The molecule has 2 aromatic carbocycles. The molecule has 0 radical (unpaired) electrons. The fraction of sp³-hybridized carbons (Fsp3) is 0.438. The number of carbonyl (C=O) groups is 2. The first-order chi connectivity index (χ1) is 23.4. The van der Waals surface area contributed by atoms with Crippen LogP contribution >= 0.6 is 0 Å². The molecular formula is C32H38O17. The third-order valence-electron chi connectivity index (χ3n) is 7.71. The quantitative estimate of drug-likeness (QED) is 0.0882. The molecule has 17 nitrogen and oxygen atoms in total. The van der Waals surface area contributed by atoms with E-state index in [1.165, 1.54) is 50.6 Å². The Morgan fingerprint density at radius 1 is 0.816 bits per heavy atom. The standard InChI is InChI=1S/C32H38O17/c1-43-19-11-17(12-20(44-2)25(19)38)6-10-24(37)47-30-27(40)21(13-33)48-32(30,15-34)49-31-29(42)28(41)26(39)22(46-31)14-45-23(36)9-5-16-3-7-18(35)8-4-16/h3-12,21-22,26-31,33-35,38-42H,13-15H2,1-2H3/b9-5+,10-6+/t21-,22-,26-,27+,28-,29-,30+,31-,32+/m1/s1. The van der Waals surface area contributed by atoms with Crippen LogP contribution in [-0.4, -0.2) is 142 Å². The van der Waals surface area contributed by atoms with Crippen LogP contribution in [0.3, 0.4) is 0 Å². The Labute approximate surface area is 279 Å². The Morgan fingerprint density at radius 3 is 2.02 bits per heavy atom. The van der Waals surface area contributed by atoms with Gasteiger partial charge in [-0.25, -0.2) is 9.59 Å². The predicted molar refractivity (Wildman–Crippen MR) is 164 cm³/mol. The molecule has 0 saturated carbocycles. The van der Waals surface area contributed by atoms with E-state index in [9.17, 15) is 50.4 Å². The Morgan fingerprint density at radius 2 is 1.43 bits per heavy atom. The van der Waals surface area contributed by atoms with E-state index in [4.69, 9.17) is 33.2 Å². The highest BCUT2D eigenvalue weighted by Gasteiger charge is 2.60. The van der Waals surface area contributed by atoms with Crippen LogP contribution in [0.2, 0.25) is 0 Å². The second kappa shape index (κ2) is 16.4. The molecule has 2 aliphatic heterocycles. The van der Waals surface area contributed by atoms with Crippen molar-refractivity contribution < 1.29 is 83.6 Å². The minimum absolute atomic E-state index is 0.0303. The number of esters is 2. The highest BCUT2D eigenvalue weighted by atomic mass is 16.8. The lowest BCUT2D eigenvalue weighted by atomic mass is 9.99. The SMILES string of the molecule is COc1cc(/C=C/C(=O)O[C@H]2[C@@H](O)[C@@H](CO)O[C@@]2(CO)O[C@H]2O[C@H](COC(=O)/C=C/c3ccc(O)cc3)[C@@H](O)[C@@H](O)[C@H]2O)cc(OC)c1O. The van der Waals surface area contributed by atoms with Crippen molar-refractivity contribution in [2.45, 2.75) is 54.8 Å². The Hall–Kier alpha value is -4.30. The summed E-state index contributed by atoms with van der Waals surface area (Å²) in [5.74, 6) is -4.60. The molecule has 0 amide bonds. The molecule has 0 spiro atoms. The minimum Gasteiger partial charge on any atom is -0.508 e. The maximum absolute atomic E-state index is 12.9. The predicted octanol–water partition coefficient (Wildman–Crippen LogP) is -1.44. The molecule has 0 bridgehead atoms. The molecule has 268 valence electrons. The largest absolute Gasteiger partial charge is 0.508 e. The van der Waals surface area contributed by atoms with Gasteiger partial charge < -0.3 is 74.0 Å². The molecule has 0 aliphatic carbocycles. The number of benzene rings is 2. The summed E-state index contributed by atoms with van der Waals surface area (Å²) in [6.07, 6.45) is -9.59. The molecule has 2 saturated heterocycles. The summed E-state index contributed by atoms with van der Waals surface area (Å²) in [7, 11) is 2.62. The Balaban J connectivity index is 1.48. The van der Waals surface area contributed by atoms with E-state index in [0.29, 0.717) is 11.1 Å². The summed E-state index contributed by atoms with van der Waals surface area (Å²) in [6.45, 7) is -2.61. The van der Waals surface area contributed by atoms with E-state index in [0.717, 1.165) is 12.2 Å². The van der Waals surface area contributed by atoms with Crippen LogP contribution in [0.15, 0.2) is 48.6 Å². The van der Waals surface area contributed by atoms with Crippen molar-refractivity contribution in [3.8, 4) is 23.0 Å². The van der Waals surface area contributed by atoms with Gasteiger partial charge in [-0.1, -0.05) is 12.1 Å². The van der Waals surface area contributed by atoms with Gasteiger partial charge in [-0.15, -0.1) is 0 Å². The van der Waals surface area contributed by atoms with Crippen molar-refractivity contribution in [1.82, 2.24) is 0 Å². The summed E-state index contributed by atoms with van der Waals surface area (Å²) in [5, 5.41) is 82.2. The molecule has 2 heterocycles. The second-order valence-corrected chi connectivity index (χ2v) is 11.0. The second-order valence-electron chi connectivity index (χ2n) is 11.0. The normalized spacial score (nSPS) is 30.0. The van der Waals surface area contributed by atoms with E-state index in [1.807, 2.05) is 0 Å². The number of aromatic hydroxyl groups is 2. The fourth-order valence-corrected chi connectivity index (χ4v) is 5.06. The number of phenols is 2. The monoisotopic (exact) mass is 694 g/mol. The van der Waals surface area contributed by atoms with Gasteiger partial charge in [-0.3, -0.25) is 0 Å². The van der Waals surface area contributed by atoms with Gasteiger partial charge in [0.2, 0.25) is 11.5 Å². The summed E-state index contributed by atoms with van der Waals surface area (Å²) >= 11 is 0. The molecule has 2 fully saturated rings. The van der Waals surface area contributed by atoms with E-state index in [-0.39, 0.29) is 23.0 Å². The van der Waals surface area contributed by atoms with Gasteiger partial charge in [0.15, 0.2) is 23.9 Å². The van der Waals surface area contributed by atoms with Crippen molar-refractivity contribution in [2.24, 2.45) is 0 Å². The zero-order valence-corrected chi connectivity index (χ0v) is 26.3. The molecule has 2 aliphatic rings. The third kappa shape index (κ3) is 8.66. The molecular weight excluding hydrogens is 656 g/mol. The van der Waals surface area contributed by atoms with E-state index >= 15 is 0 Å². The lowest BCUT2D eigenvalue weighted by Crippen LogP contribution is -2.63. The molecule has 17 heteroatoms. The van der Waals surface area contributed by atoms with Crippen LogP contribution in [0.5, 0.6) is 23.0 Å². The van der Waals surface area contributed by atoms with Gasteiger partial charge in [0.05, 0.1) is 20.8 Å². The highest BCUT2D eigenvalue weighted by molar-refractivity contribution is 5.88. The number of phenolic OH excluding ortho intramolecular Hbond substituents is 2. The molecule has 0 unspecified atom stereocenters. The summed E-state index contributed by atoms with van der Waals surface area (Å²) in [6, 6.07) is 8.68. The number of rotatable bonds is 13. The average Bonchev–Trinajstić information content (AvgIpc) is 3.36. The number of methoxy groups -OCH3 is 2. The van der Waals surface area contributed by atoms with Gasteiger partial charge in [-0.2, -0.15) is 0 Å². The van der Waals surface area contributed by atoms with Crippen molar-refractivity contribution in [1.29, 1.82) is 0 Å². The highest BCUT2D eigenvalue weighted by Crippen LogP contribution is 2.39. The smallest absolute Gasteiger partial charge is 0.331 e. The van der Waals surface area contributed by atoms with Gasteiger partial charge in [0.25, 0.3) is 0 Å². The van der Waals surface area contributed by atoms with E-state index < -0.39 is 86.6 Å². The number of carbonyl (C=O) groups excluding carboxylic acids is 2. The Bertz CT molecular complexity index is 1470. The zero-order valence-electron chi connectivity index (χ0n) is 26.3. The fourth-order valence-electron chi connectivity index (χ4n) is 5.06. The molecule has 8 N–H and O–H groups in total. The van der Waals surface area contributed by atoms with Crippen LogP contribution in [0.1, 0.15) is 11.1 Å². The van der Waals surface area contributed by atoms with Crippen molar-refractivity contribution >= 4 is 24.1 Å². The molecule has 9 atom stereocenters. The Kier molecular flexibility index (Phi) is 12.6. The zero-order chi connectivity index (χ0) is 35.9. The summed E-state index contributed by atoms with van der Waals surface area (Å²) < 4.78 is 37.5. The number of aliphatic hydroxyl groups excluding tert-OH is 6. The number of hydrogen-bond acceptors (Lipinski definition) is 17. The van der Waals surface area contributed by atoms with Crippen LogP contribution < -0.4 is 9.47 Å². The minimum atomic E-state index is -2.48.